The molecule has 2 heterocycles. The zero-order valence-electron chi connectivity index (χ0n) is 14.7. The zero-order valence-corrected chi connectivity index (χ0v) is 15.5. The van der Waals surface area contributed by atoms with Crippen LogP contribution >= 0.6 is 11.8 Å². The summed E-state index contributed by atoms with van der Waals surface area (Å²) in [6.45, 7) is 5.74. The van der Waals surface area contributed by atoms with Gasteiger partial charge in [0.15, 0.2) is 11.6 Å². The third kappa shape index (κ3) is 3.64. The molecule has 0 spiro atoms. The third-order valence-electron chi connectivity index (χ3n) is 3.99. The van der Waals surface area contributed by atoms with Crippen LogP contribution in [0, 0.1) is 20.8 Å². The number of ketones is 1. The number of methoxy groups -OCH3 is 1. The number of hydrogen-bond donors (Lipinski definition) is 0. The lowest BCUT2D eigenvalue weighted by Gasteiger charge is -2.06. The second kappa shape index (κ2) is 7.19. The summed E-state index contributed by atoms with van der Waals surface area (Å²) in [6, 6.07) is 11.5. The molecule has 3 rings (SSSR count). The number of Topliss-reactive ketones (excluding diaryl/α,β-unsaturated/α-hetero) is 1. The molecule has 0 bridgehead atoms. The van der Waals surface area contributed by atoms with Gasteiger partial charge in [0.1, 0.15) is 11.5 Å². The van der Waals surface area contributed by atoms with Crippen LogP contribution in [0.25, 0.3) is 5.82 Å². The summed E-state index contributed by atoms with van der Waals surface area (Å²) in [5.74, 6) is 2.69. The van der Waals surface area contributed by atoms with Crippen LogP contribution < -0.4 is 4.74 Å². The smallest absolute Gasteiger partial charge is 0.180 e. The molecule has 0 saturated carbocycles. The number of aromatic nitrogens is 2. The standard InChI is InChI=1S/C19H20N2O3S/c1-12-8-17(14(3)21(12)19-9-13(2)24-20-19)18(22)11-25-16-7-5-6-15(10-16)23-4/h5-10H,11H2,1-4H3. The molecule has 3 aromatic rings. The molecule has 0 radical (unpaired) electrons. The van der Waals surface area contributed by atoms with E-state index in [2.05, 4.69) is 5.16 Å². The van der Waals surface area contributed by atoms with E-state index in [9.17, 15) is 4.79 Å². The Hall–Kier alpha value is -2.47. The molecule has 5 nitrogen and oxygen atoms in total. The van der Waals surface area contributed by atoms with E-state index in [0.717, 1.165) is 27.8 Å². The molecular weight excluding hydrogens is 336 g/mol. The minimum Gasteiger partial charge on any atom is -0.497 e. The van der Waals surface area contributed by atoms with Crippen LogP contribution in [0.15, 0.2) is 45.8 Å². The molecule has 0 unspecified atom stereocenters. The quantitative estimate of drug-likeness (QED) is 0.485. The van der Waals surface area contributed by atoms with Crippen molar-refractivity contribution >= 4 is 17.5 Å². The molecule has 2 aromatic heterocycles. The van der Waals surface area contributed by atoms with Crippen LogP contribution in [0.4, 0.5) is 0 Å². The number of aryl methyl sites for hydroxylation is 2. The summed E-state index contributed by atoms with van der Waals surface area (Å²) in [5, 5.41) is 4.05. The van der Waals surface area contributed by atoms with Crippen LogP contribution in [0.2, 0.25) is 0 Å². The molecule has 0 atom stereocenters. The van der Waals surface area contributed by atoms with Gasteiger partial charge in [-0.05, 0) is 45.0 Å². The minimum absolute atomic E-state index is 0.0902. The van der Waals surface area contributed by atoms with Gasteiger partial charge in [-0.2, -0.15) is 0 Å². The Morgan fingerprint density at radius 3 is 2.72 bits per heavy atom. The monoisotopic (exact) mass is 356 g/mol. The highest BCUT2D eigenvalue weighted by molar-refractivity contribution is 8.00. The van der Waals surface area contributed by atoms with Gasteiger partial charge in [0.05, 0.1) is 12.9 Å². The zero-order chi connectivity index (χ0) is 18.0. The van der Waals surface area contributed by atoms with Crippen molar-refractivity contribution in [3.8, 4) is 11.6 Å². The van der Waals surface area contributed by atoms with Crippen LogP contribution in [0.1, 0.15) is 27.5 Å². The predicted molar refractivity (Wildman–Crippen MR) is 98.1 cm³/mol. The predicted octanol–water partition coefficient (Wildman–Crippen LogP) is 4.37. The molecule has 0 aliphatic heterocycles. The molecule has 25 heavy (non-hydrogen) atoms. The maximum absolute atomic E-state index is 12.7. The first-order chi connectivity index (χ1) is 12.0. The summed E-state index contributed by atoms with van der Waals surface area (Å²) in [7, 11) is 1.63. The Kier molecular flexibility index (Phi) is 4.99. The van der Waals surface area contributed by atoms with E-state index >= 15 is 0 Å². The van der Waals surface area contributed by atoms with Crippen LogP contribution in [-0.4, -0.2) is 28.4 Å². The highest BCUT2D eigenvalue weighted by atomic mass is 32.2. The van der Waals surface area contributed by atoms with E-state index in [1.807, 2.05) is 61.7 Å². The molecular formula is C19H20N2O3S. The van der Waals surface area contributed by atoms with Gasteiger partial charge in [0.25, 0.3) is 0 Å². The Balaban J connectivity index is 1.78. The molecule has 1 aromatic carbocycles. The SMILES string of the molecule is COc1cccc(SCC(=O)c2cc(C)n(-c3cc(C)on3)c2C)c1. The summed E-state index contributed by atoms with van der Waals surface area (Å²) in [4.78, 5) is 13.7. The van der Waals surface area contributed by atoms with E-state index in [1.54, 1.807) is 7.11 Å². The van der Waals surface area contributed by atoms with E-state index in [-0.39, 0.29) is 5.78 Å². The summed E-state index contributed by atoms with van der Waals surface area (Å²) >= 11 is 1.50. The van der Waals surface area contributed by atoms with Gasteiger partial charge >= 0.3 is 0 Å². The highest BCUT2D eigenvalue weighted by Crippen LogP contribution is 2.26. The lowest BCUT2D eigenvalue weighted by atomic mass is 10.2. The van der Waals surface area contributed by atoms with Gasteiger partial charge in [-0.15, -0.1) is 11.8 Å². The number of hydrogen-bond acceptors (Lipinski definition) is 5. The number of rotatable bonds is 6. The van der Waals surface area contributed by atoms with Crippen molar-refractivity contribution in [3.63, 3.8) is 0 Å². The van der Waals surface area contributed by atoms with Gasteiger partial charge in [-0.1, -0.05) is 11.2 Å². The van der Waals surface area contributed by atoms with Crippen molar-refractivity contribution in [1.82, 2.24) is 9.72 Å². The Bertz CT molecular complexity index is 911. The average Bonchev–Trinajstić information content (AvgIpc) is 3.15. The van der Waals surface area contributed by atoms with Crippen molar-refractivity contribution in [2.75, 3.05) is 12.9 Å². The maximum atomic E-state index is 12.7. The van der Waals surface area contributed by atoms with Crippen molar-refractivity contribution < 1.29 is 14.1 Å². The number of ether oxygens (including phenoxy) is 1. The largest absolute Gasteiger partial charge is 0.497 e. The maximum Gasteiger partial charge on any atom is 0.180 e. The van der Waals surface area contributed by atoms with Crippen molar-refractivity contribution in [3.05, 3.63) is 59.1 Å². The lowest BCUT2D eigenvalue weighted by molar-refractivity contribution is 0.102. The fourth-order valence-corrected chi connectivity index (χ4v) is 3.60. The first-order valence-corrected chi connectivity index (χ1v) is 8.91. The Morgan fingerprint density at radius 1 is 1.24 bits per heavy atom. The van der Waals surface area contributed by atoms with Gasteiger partial charge in [-0.25, -0.2) is 0 Å². The number of benzene rings is 1. The average molecular weight is 356 g/mol. The molecule has 0 fully saturated rings. The number of nitrogens with zero attached hydrogens (tertiary/aromatic N) is 2. The van der Waals surface area contributed by atoms with Gasteiger partial charge in [0, 0.05) is 27.9 Å². The van der Waals surface area contributed by atoms with Crippen molar-refractivity contribution in [2.24, 2.45) is 0 Å². The molecule has 0 N–H and O–H groups in total. The van der Waals surface area contributed by atoms with Gasteiger partial charge < -0.3 is 9.26 Å². The fourth-order valence-electron chi connectivity index (χ4n) is 2.77. The van der Waals surface area contributed by atoms with E-state index in [1.165, 1.54) is 11.8 Å². The van der Waals surface area contributed by atoms with Gasteiger partial charge in [-0.3, -0.25) is 9.36 Å². The number of thioether (sulfide) groups is 1. The first kappa shape index (κ1) is 17.4. The summed E-state index contributed by atoms with van der Waals surface area (Å²) in [6.07, 6.45) is 0. The molecule has 0 amide bonds. The number of carbonyl (C=O) groups is 1. The van der Waals surface area contributed by atoms with Crippen LogP contribution in [-0.2, 0) is 0 Å². The van der Waals surface area contributed by atoms with Crippen molar-refractivity contribution in [2.45, 2.75) is 25.7 Å². The Labute approximate surface area is 151 Å². The molecule has 0 saturated heterocycles. The molecule has 0 aliphatic rings. The van der Waals surface area contributed by atoms with E-state index in [4.69, 9.17) is 9.26 Å². The minimum atomic E-state index is 0.0902. The summed E-state index contributed by atoms with van der Waals surface area (Å²) in [5.41, 5.74) is 2.55. The second-order valence-corrected chi connectivity index (χ2v) is 6.86. The fraction of sp³-hybridized carbons (Fsp3) is 0.263. The third-order valence-corrected chi connectivity index (χ3v) is 4.98. The highest BCUT2D eigenvalue weighted by Gasteiger charge is 2.18. The molecule has 130 valence electrons. The molecule has 6 heteroatoms. The topological polar surface area (TPSA) is 57.3 Å². The lowest BCUT2D eigenvalue weighted by Crippen LogP contribution is -2.05. The Morgan fingerprint density at radius 2 is 2.04 bits per heavy atom. The van der Waals surface area contributed by atoms with Crippen molar-refractivity contribution in [1.29, 1.82) is 0 Å². The van der Waals surface area contributed by atoms with Gasteiger partial charge in [0.2, 0.25) is 0 Å². The van der Waals surface area contributed by atoms with E-state index < -0.39 is 0 Å². The van der Waals surface area contributed by atoms with Crippen LogP contribution in [0.3, 0.4) is 0 Å². The first-order valence-electron chi connectivity index (χ1n) is 7.92. The number of carbonyl (C=O) groups excluding carboxylic acids is 1. The second-order valence-electron chi connectivity index (χ2n) is 5.81. The summed E-state index contributed by atoms with van der Waals surface area (Å²) < 4.78 is 12.3. The molecule has 0 aliphatic carbocycles. The van der Waals surface area contributed by atoms with Crippen LogP contribution in [0.5, 0.6) is 5.75 Å². The van der Waals surface area contributed by atoms with E-state index in [0.29, 0.717) is 17.1 Å². The normalized spacial score (nSPS) is 10.9.